The maximum Gasteiger partial charge on any atom is 0.193 e. The first-order valence-corrected chi connectivity index (χ1v) is 8.65. The van der Waals surface area contributed by atoms with Gasteiger partial charge in [-0.2, -0.15) is 0 Å². The van der Waals surface area contributed by atoms with Crippen molar-refractivity contribution in [2.45, 2.75) is 19.4 Å². The minimum Gasteiger partial charge on any atom is -0.356 e. The van der Waals surface area contributed by atoms with E-state index in [1.165, 1.54) is 5.56 Å². The highest BCUT2D eigenvalue weighted by molar-refractivity contribution is 14.0. The summed E-state index contributed by atoms with van der Waals surface area (Å²) >= 11 is 0. The molecule has 3 aromatic rings. The van der Waals surface area contributed by atoms with E-state index in [1.807, 2.05) is 31.3 Å². The first kappa shape index (κ1) is 20.2. The summed E-state index contributed by atoms with van der Waals surface area (Å²) in [6.07, 6.45) is 1.92. The summed E-state index contributed by atoms with van der Waals surface area (Å²) in [5, 5.41) is 3.43. The van der Waals surface area contributed by atoms with Crippen molar-refractivity contribution in [1.82, 2.24) is 20.2 Å². The Morgan fingerprint density at radius 3 is 2.58 bits per heavy atom. The lowest BCUT2D eigenvalue weighted by Crippen LogP contribution is -2.39. The Kier molecular flexibility index (Phi) is 7.90. The van der Waals surface area contributed by atoms with Crippen LogP contribution in [0.25, 0.3) is 11.0 Å². The van der Waals surface area contributed by atoms with E-state index in [4.69, 9.17) is 0 Å². The van der Waals surface area contributed by atoms with Crippen LogP contribution in [0.4, 0.5) is 0 Å². The second-order valence-corrected chi connectivity index (χ2v) is 6.12. The summed E-state index contributed by atoms with van der Waals surface area (Å²) in [6.45, 7) is 1.70. The Bertz CT molecular complexity index is 795. The molecule has 3 rings (SSSR count). The number of aliphatic imine (C=N–C) groups is 1. The third-order valence-corrected chi connectivity index (χ3v) is 4.15. The molecule has 0 atom stereocenters. The number of nitrogens with one attached hydrogen (secondary N) is 2. The van der Waals surface area contributed by atoms with Gasteiger partial charge in [-0.05, 0) is 24.1 Å². The number of halogens is 1. The molecule has 0 spiro atoms. The van der Waals surface area contributed by atoms with Crippen LogP contribution in [0.3, 0.4) is 0 Å². The van der Waals surface area contributed by atoms with Crippen molar-refractivity contribution in [2.75, 3.05) is 20.6 Å². The molecule has 0 saturated carbocycles. The van der Waals surface area contributed by atoms with Gasteiger partial charge in [-0.1, -0.05) is 42.5 Å². The van der Waals surface area contributed by atoms with Gasteiger partial charge >= 0.3 is 0 Å². The fraction of sp³-hybridized carbons (Fsp3) is 0.300. The topological polar surface area (TPSA) is 56.3 Å². The average molecular weight is 463 g/mol. The van der Waals surface area contributed by atoms with Gasteiger partial charge in [0.15, 0.2) is 5.96 Å². The lowest BCUT2D eigenvalue weighted by molar-refractivity contribution is 0.475. The minimum atomic E-state index is 0. The Morgan fingerprint density at radius 2 is 1.85 bits per heavy atom. The Balaban J connectivity index is 0.00000243. The number of hydrogen-bond acceptors (Lipinski definition) is 2. The summed E-state index contributed by atoms with van der Waals surface area (Å²) in [7, 11) is 3.88. The fourth-order valence-corrected chi connectivity index (χ4v) is 2.90. The van der Waals surface area contributed by atoms with Gasteiger partial charge in [0.2, 0.25) is 0 Å². The van der Waals surface area contributed by atoms with Crippen LogP contribution >= 0.6 is 24.0 Å². The van der Waals surface area contributed by atoms with E-state index >= 15 is 0 Å². The van der Waals surface area contributed by atoms with E-state index in [2.05, 4.69) is 62.6 Å². The molecule has 0 amide bonds. The highest BCUT2D eigenvalue weighted by Crippen LogP contribution is 2.11. The molecule has 1 aromatic heterocycles. The number of nitrogens with zero attached hydrogens (tertiary/aromatic N) is 3. The van der Waals surface area contributed by atoms with Crippen LogP contribution in [0.1, 0.15) is 17.8 Å². The monoisotopic (exact) mass is 463 g/mol. The molecule has 6 heteroatoms. The molecule has 0 aliphatic carbocycles. The second kappa shape index (κ2) is 10.2. The van der Waals surface area contributed by atoms with Crippen molar-refractivity contribution in [2.24, 2.45) is 4.99 Å². The molecule has 1 heterocycles. The molecule has 2 N–H and O–H groups in total. The summed E-state index contributed by atoms with van der Waals surface area (Å²) < 4.78 is 0. The fourth-order valence-electron chi connectivity index (χ4n) is 2.90. The maximum atomic E-state index is 4.62. The smallest absolute Gasteiger partial charge is 0.193 e. The van der Waals surface area contributed by atoms with Crippen LogP contribution in [-0.4, -0.2) is 41.5 Å². The van der Waals surface area contributed by atoms with E-state index in [0.717, 1.165) is 48.7 Å². The summed E-state index contributed by atoms with van der Waals surface area (Å²) in [4.78, 5) is 14.5. The van der Waals surface area contributed by atoms with Crippen molar-refractivity contribution in [3.63, 3.8) is 0 Å². The molecule has 0 radical (unpaired) electrons. The second-order valence-electron chi connectivity index (χ2n) is 6.12. The number of fused-ring (bicyclic) bond motifs is 1. The summed E-state index contributed by atoms with van der Waals surface area (Å²) in [5.74, 6) is 1.95. The number of imidazole rings is 1. The summed E-state index contributed by atoms with van der Waals surface area (Å²) in [5.41, 5.74) is 3.41. The van der Waals surface area contributed by atoms with Crippen LogP contribution in [0.2, 0.25) is 0 Å². The molecule has 0 aliphatic rings. The molecular formula is C20H26IN5. The molecule has 0 unspecified atom stereocenters. The Morgan fingerprint density at radius 1 is 1.12 bits per heavy atom. The highest BCUT2D eigenvalue weighted by atomic mass is 127. The number of aromatic nitrogens is 2. The highest BCUT2D eigenvalue weighted by Gasteiger charge is 2.06. The summed E-state index contributed by atoms with van der Waals surface area (Å²) in [6, 6.07) is 18.6. The first-order valence-electron chi connectivity index (χ1n) is 8.65. The van der Waals surface area contributed by atoms with Crippen molar-refractivity contribution in [3.05, 3.63) is 66.0 Å². The van der Waals surface area contributed by atoms with Gasteiger partial charge in [0.25, 0.3) is 0 Å². The van der Waals surface area contributed by atoms with Gasteiger partial charge in [-0.3, -0.25) is 4.99 Å². The van der Waals surface area contributed by atoms with Crippen LogP contribution < -0.4 is 5.32 Å². The van der Waals surface area contributed by atoms with Crippen molar-refractivity contribution >= 4 is 41.0 Å². The lowest BCUT2D eigenvalue weighted by atomic mass is 10.2. The number of para-hydroxylation sites is 2. The zero-order chi connectivity index (χ0) is 17.5. The van der Waals surface area contributed by atoms with Crippen molar-refractivity contribution in [3.8, 4) is 0 Å². The lowest BCUT2D eigenvalue weighted by Gasteiger charge is -2.22. The van der Waals surface area contributed by atoms with E-state index in [1.54, 1.807) is 0 Å². The molecule has 26 heavy (non-hydrogen) atoms. The van der Waals surface area contributed by atoms with Gasteiger partial charge in [0, 0.05) is 33.6 Å². The SMILES string of the molecule is CN=C(NCCCc1nc2ccccc2[nH]1)N(C)Cc1ccccc1.I. The van der Waals surface area contributed by atoms with E-state index < -0.39 is 0 Å². The number of benzene rings is 2. The number of guanidine groups is 1. The van der Waals surface area contributed by atoms with Gasteiger partial charge < -0.3 is 15.2 Å². The number of aryl methyl sites for hydroxylation is 1. The molecule has 5 nitrogen and oxygen atoms in total. The van der Waals surface area contributed by atoms with E-state index in [9.17, 15) is 0 Å². The molecule has 0 bridgehead atoms. The first-order chi connectivity index (χ1) is 12.3. The Hall–Kier alpha value is -2.09. The van der Waals surface area contributed by atoms with Gasteiger partial charge in [0.05, 0.1) is 11.0 Å². The van der Waals surface area contributed by atoms with Crippen LogP contribution in [0.15, 0.2) is 59.6 Å². The van der Waals surface area contributed by atoms with Crippen LogP contribution in [0, 0.1) is 0 Å². The zero-order valence-corrected chi connectivity index (χ0v) is 17.6. The van der Waals surface area contributed by atoms with Crippen molar-refractivity contribution in [1.29, 1.82) is 0 Å². The number of aromatic amines is 1. The third-order valence-electron chi connectivity index (χ3n) is 4.15. The van der Waals surface area contributed by atoms with Crippen LogP contribution in [0.5, 0.6) is 0 Å². The van der Waals surface area contributed by atoms with Gasteiger partial charge in [0.1, 0.15) is 5.82 Å². The molecule has 0 aliphatic heterocycles. The predicted molar refractivity (Wildman–Crippen MR) is 119 cm³/mol. The Labute approximate surface area is 172 Å². The molecule has 138 valence electrons. The maximum absolute atomic E-state index is 4.62. The van der Waals surface area contributed by atoms with E-state index in [0.29, 0.717) is 0 Å². The number of rotatable bonds is 6. The number of hydrogen-bond donors (Lipinski definition) is 2. The quantitative estimate of drug-likeness (QED) is 0.253. The molecule has 2 aromatic carbocycles. The largest absolute Gasteiger partial charge is 0.356 e. The van der Waals surface area contributed by atoms with Crippen molar-refractivity contribution < 1.29 is 0 Å². The van der Waals surface area contributed by atoms with E-state index in [-0.39, 0.29) is 24.0 Å². The molecule has 0 fully saturated rings. The average Bonchev–Trinajstić information content (AvgIpc) is 3.05. The standard InChI is InChI=1S/C20H25N5.HI/c1-21-20(25(2)15-16-9-4-3-5-10-16)22-14-8-13-19-23-17-11-6-7-12-18(17)24-19;/h3-7,9-12H,8,13-15H2,1-2H3,(H,21,22)(H,23,24);1H. The zero-order valence-electron chi connectivity index (χ0n) is 15.3. The van der Waals surface area contributed by atoms with Gasteiger partial charge in [-0.25, -0.2) is 4.98 Å². The predicted octanol–water partition coefficient (Wildman–Crippen LogP) is 3.82. The minimum absolute atomic E-state index is 0. The molecule has 0 saturated heterocycles. The van der Waals surface area contributed by atoms with Gasteiger partial charge in [-0.15, -0.1) is 24.0 Å². The third kappa shape index (κ3) is 5.45. The normalized spacial score (nSPS) is 11.2. The molecular weight excluding hydrogens is 437 g/mol. The number of H-pyrrole nitrogens is 1. The van der Waals surface area contributed by atoms with Crippen LogP contribution in [-0.2, 0) is 13.0 Å².